The van der Waals surface area contributed by atoms with Gasteiger partial charge in [-0.1, -0.05) is 49.2 Å². The van der Waals surface area contributed by atoms with Crippen LogP contribution in [0.25, 0.3) is 0 Å². The van der Waals surface area contributed by atoms with Crippen LogP contribution in [0.2, 0.25) is 5.02 Å². The van der Waals surface area contributed by atoms with Crippen LogP contribution in [-0.2, 0) is 13.0 Å². The maximum absolute atomic E-state index is 9.73. The van der Waals surface area contributed by atoms with Crippen LogP contribution in [0.1, 0.15) is 41.6 Å². The van der Waals surface area contributed by atoms with Crippen LogP contribution < -0.4 is 15.2 Å². The molecule has 0 bridgehead atoms. The molecule has 6 nitrogen and oxygen atoms in total. The number of halogens is 1. The molecule has 0 amide bonds. The van der Waals surface area contributed by atoms with Crippen LogP contribution in [0.5, 0.6) is 11.6 Å². The van der Waals surface area contributed by atoms with Crippen molar-refractivity contribution in [2.24, 2.45) is 5.73 Å². The number of benzene rings is 2. The number of aromatic amines is 1. The molecule has 0 aliphatic carbocycles. The molecule has 0 saturated heterocycles. The standard InChI is InChI=1S/C23H21ClN4O2/c1-2-4-19-21-20(18(12-25)22(26)30-23(21)28-27-19)15-7-9-17(10-8-15)29-13-14-5-3-6-16(24)11-14/h3,5-11,20H,2,4,13,26H2,1H3,(H,27,28)/t20-/m0/s1. The molecule has 3 N–H and O–H groups in total. The van der Waals surface area contributed by atoms with Crippen molar-refractivity contribution in [2.45, 2.75) is 32.3 Å². The minimum atomic E-state index is -0.332. The summed E-state index contributed by atoms with van der Waals surface area (Å²) in [5.41, 5.74) is 10.1. The number of nitriles is 1. The van der Waals surface area contributed by atoms with E-state index in [0.717, 1.165) is 41.0 Å². The molecule has 3 aromatic rings. The lowest BCUT2D eigenvalue weighted by Gasteiger charge is -2.24. The van der Waals surface area contributed by atoms with Gasteiger partial charge in [-0.3, -0.25) is 5.10 Å². The maximum atomic E-state index is 9.73. The van der Waals surface area contributed by atoms with Gasteiger partial charge in [-0.25, -0.2) is 0 Å². The average Bonchev–Trinajstić information content (AvgIpc) is 3.14. The zero-order valence-electron chi connectivity index (χ0n) is 16.5. The van der Waals surface area contributed by atoms with E-state index in [2.05, 4.69) is 23.2 Å². The first-order valence-corrected chi connectivity index (χ1v) is 10.1. The van der Waals surface area contributed by atoms with Crippen molar-refractivity contribution in [3.63, 3.8) is 0 Å². The summed E-state index contributed by atoms with van der Waals surface area (Å²) in [4.78, 5) is 0. The van der Waals surface area contributed by atoms with Gasteiger partial charge in [0.05, 0.1) is 5.92 Å². The Morgan fingerprint density at radius 3 is 2.77 bits per heavy atom. The number of fused-ring (bicyclic) bond motifs is 1. The highest BCUT2D eigenvalue weighted by Gasteiger charge is 2.34. The van der Waals surface area contributed by atoms with E-state index in [4.69, 9.17) is 26.8 Å². The highest BCUT2D eigenvalue weighted by molar-refractivity contribution is 6.30. The van der Waals surface area contributed by atoms with E-state index in [1.165, 1.54) is 0 Å². The highest BCUT2D eigenvalue weighted by Crippen LogP contribution is 2.43. The fourth-order valence-electron chi connectivity index (χ4n) is 3.63. The van der Waals surface area contributed by atoms with Crippen molar-refractivity contribution in [3.05, 3.63) is 87.4 Å². The lowest BCUT2D eigenvalue weighted by Crippen LogP contribution is -2.21. The molecule has 7 heteroatoms. The third kappa shape index (κ3) is 3.85. The van der Waals surface area contributed by atoms with Crippen molar-refractivity contribution in [1.82, 2.24) is 10.2 Å². The van der Waals surface area contributed by atoms with Crippen molar-refractivity contribution in [2.75, 3.05) is 0 Å². The number of nitrogens with two attached hydrogens (primary N) is 1. The zero-order chi connectivity index (χ0) is 21.1. The second-order valence-corrected chi connectivity index (χ2v) is 7.52. The van der Waals surface area contributed by atoms with Gasteiger partial charge in [0.2, 0.25) is 11.8 Å². The van der Waals surface area contributed by atoms with Gasteiger partial charge in [0.25, 0.3) is 0 Å². The molecule has 0 saturated carbocycles. The summed E-state index contributed by atoms with van der Waals surface area (Å²) in [7, 11) is 0. The molecule has 1 aromatic heterocycles. The molecule has 30 heavy (non-hydrogen) atoms. The second-order valence-electron chi connectivity index (χ2n) is 7.08. The molecule has 2 aromatic carbocycles. The molecule has 0 radical (unpaired) electrons. The molecule has 1 aliphatic heterocycles. The first-order chi connectivity index (χ1) is 14.6. The molecular formula is C23H21ClN4O2. The quantitative estimate of drug-likeness (QED) is 0.596. The van der Waals surface area contributed by atoms with E-state index in [9.17, 15) is 5.26 Å². The number of hydrogen-bond acceptors (Lipinski definition) is 5. The lowest BCUT2D eigenvalue weighted by molar-refractivity contribution is 0.306. The summed E-state index contributed by atoms with van der Waals surface area (Å²) in [6.45, 7) is 2.51. The van der Waals surface area contributed by atoms with Crippen molar-refractivity contribution in [1.29, 1.82) is 5.26 Å². The van der Waals surface area contributed by atoms with Gasteiger partial charge < -0.3 is 15.2 Å². The molecule has 0 unspecified atom stereocenters. The van der Waals surface area contributed by atoms with Gasteiger partial charge in [0.15, 0.2) is 0 Å². The molecule has 0 spiro atoms. The van der Waals surface area contributed by atoms with Crippen molar-refractivity contribution < 1.29 is 9.47 Å². The van der Waals surface area contributed by atoms with Gasteiger partial charge >= 0.3 is 0 Å². The van der Waals surface area contributed by atoms with Crippen LogP contribution in [-0.4, -0.2) is 10.2 Å². The van der Waals surface area contributed by atoms with Crippen LogP contribution in [0.4, 0.5) is 0 Å². The summed E-state index contributed by atoms with van der Waals surface area (Å²) in [6, 6.07) is 17.4. The van der Waals surface area contributed by atoms with Gasteiger partial charge in [-0.2, -0.15) is 5.26 Å². The molecule has 1 aliphatic rings. The summed E-state index contributed by atoms with van der Waals surface area (Å²) in [5.74, 6) is 0.913. The smallest absolute Gasteiger partial charge is 0.244 e. The van der Waals surface area contributed by atoms with Crippen molar-refractivity contribution >= 4 is 11.6 Å². The van der Waals surface area contributed by atoms with E-state index in [1.54, 1.807) is 0 Å². The van der Waals surface area contributed by atoms with E-state index >= 15 is 0 Å². The largest absolute Gasteiger partial charge is 0.489 e. The number of H-pyrrole nitrogens is 1. The van der Waals surface area contributed by atoms with Crippen LogP contribution in [0.3, 0.4) is 0 Å². The number of aryl methyl sites for hydroxylation is 1. The Morgan fingerprint density at radius 2 is 2.07 bits per heavy atom. The Morgan fingerprint density at radius 1 is 1.27 bits per heavy atom. The Balaban J connectivity index is 1.61. The summed E-state index contributed by atoms with van der Waals surface area (Å²) >= 11 is 6.03. The second kappa shape index (κ2) is 8.52. The highest BCUT2D eigenvalue weighted by atomic mass is 35.5. The third-order valence-electron chi connectivity index (χ3n) is 5.03. The first-order valence-electron chi connectivity index (χ1n) is 9.72. The summed E-state index contributed by atoms with van der Waals surface area (Å²) < 4.78 is 11.5. The maximum Gasteiger partial charge on any atom is 0.244 e. The number of nitrogens with one attached hydrogen (secondary N) is 1. The Kier molecular flexibility index (Phi) is 5.64. The number of ether oxygens (including phenoxy) is 2. The SMILES string of the molecule is CCCc1[nH]nc2c1[C@@H](c1ccc(OCc3cccc(Cl)c3)cc1)C(C#N)=C(N)O2. The minimum Gasteiger partial charge on any atom is -0.489 e. The van der Waals surface area contributed by atoms with Crippen LogP contribution >= 0.6 is 11.6 Å². The zero-order valence-corrected chi connectivity index (χ0v) is 17.2. The van der Waals surface area contributed by atoms with E-state index < -0.39 is 0 Å². The predicted molar refractivity (Wildman–Crippen MR) is 114 cm³/mol. The molecule has 4 rings (SSSR count). The Labute approximate surface area is 179 Å². The number of aromatic nitrogens is 2. The number of hydrogen-bond donors (Lipinski definition) is 2. The van der Waals surface area contributed by atoms with E-state index in [-0.39, 0.29) is 11.8 Å². The molecule has 0 fully saturated rings. The van der Waals surface area contributed by atoms with E-state index in [1.807, 2.05) is 48.5 Å². The Bertz CT molecular complexity index is 1130. The number of allylic oxidation sites excluding steroid dienone is 1. The molecule has 152 valence electrons. The van der Waals surface area contributed by atoms with Crippen LogP contribution in [0, 0.1) is 11.3 Å². The monoisotopic (exact) mass is 420 g/mol. The van der Waals surface area contributed by atoms with Crippen LogP contribution in [0.15, 0.2) is 60.0 Å². The van der Waals surface area contributed by atoms with Crippen molar-refractivity contribution in [3.8, 4) is 17.7 Å². The average molecular weight is 421 g/mol. The number of nitrogens with zero attached hydrogens (tertiary/aromatic N) is 2. The fraction of sp³-hybridized carbons (Fsp3) is 0.217. The van der Waals surface area contributed by atoms with Gasteiger partial charge in [0.1, 0.15) is 24.0 Å². The third-order valence-corrected chi connectivity index (χ3v) is 5.26. The topological polar surface area (TPSA) is 97.0 Å². The van der Waals surface area contributed by atoms with Gasteiger partial charge in [0, 0.05) is 16.3 Å². The fourth-order valence-corrected chi connectivity index (χ4v) is 3.85. The molecule has 2 heterocycles. The summed E-state index contributed by atoms with van der Waals surface area (Å²) in [5, 5.41) is 17.7. The predicted octanol–water partition coefficient (Wildman–Crippen LogP) is 4.81. The minimum absolute atomic E-state index is 0.0887. The molecular weight excluding hydrogens is 400 g/mol. The normalized spacial score (nSPS) is 15.3. The van der Waals surface area contributed by atoms with E-state index in [0.29, 0.717) is 23.1 Å². The van der Waals surface area contributed by atoms with Gasteiger partial charge in [-0.05, 0) is 41.8 Å². The van der Waals surface area contributed by atoms with Gasteiger partial charge in [-0.15, -0.1) is 5.10 Å². The first kappa shape index (κ1) is 19.9. The number of rotatable bonds is 6. The summed E-state index contributed by atoms with van der Waals surface area (Å²) in [6.07, 6.45) is 1.75. The molecule has 1 atom stereocenters. The lowest BCUT2D eigenvalue weighted by atomic mass is 9.83. The Hall–Kier alpha value is -3.43.